The van der Waals surface area contributed by atoms with Crippen molar-refractivity contribution in [3.05, 3.63) is 71.0 Å². The van der Waals surface area contributed by atoms with Gasteiger partial charge in [-0.25, -0.2) is 4.39 Å². The molecule has 1 amide bonds. The van der Waals surface area contributed by atoms with Crippen molar-refractivity contribution in [3.63, 3.8) is 0 Å². The SMILES string of the molecule is CNC(=O)c1ccc(CN2CCNCC2c2cccc(F)c2)cc1. The topological polar surface area (TPSA) is 44.4 Å². The first kappa shape index (κ1) is 16.6. The summed E-state index contributed by atoms with van der Waals surface area (Å²) < 4.78 is 13.6. The monoisotopic (exact) mass is 327 g/mol. The average molecular weight is 327 g/mol. The summed E-state index contributed by atoms with van der Waals surface area (Å²) in [5.74, 6) is -0.283. The second-order valence-corrected chi connectivity index (χ2v) is 6.02. The summed E-state index contributed by atoms with van der Waals surface area (Å²) >= 11 is 0. The molecule has 3 rings (SSSR count). The number of rotatable bonds is 4. The lowest BCUT2D eigenvalue weighted by molar-refractivity contribution is 0.0963. The van der Waals surface area contributed by atoms with Gasteiger partial charge in [0.05, 0.1) is 0 Å². The fourth-order valence-corrected chi connectivity index (χ4v) is 3.12. The molecule has 0 bridgehead atoms. The molecule has 0 aromatic heterocycles. The van der Waals surface area contributed by atoms with Crippen molar-refractivity contribution in [2.75, 3.05) is 26.7 Å². The van der Waals surface area contributed by atoms with Crippen molar-refractivity contribution in [3.8, 4) is 0 Å². The quantitative estimate of drug-likeness (QED) is 0.906. The standard InChI is InChI=1S/C19H22FN3O/c1-21-19(24)15-7-5-14(6-8-15)13-23-10-9-22-12-18(23)16-3-2-4-17(20)11-16/h2-8,11,18,22H,9-10,12-13H2,1H3,(H,21,24). The predicted octanol–water partition coefficient (Wildman–Crippen LogP) is 2.33. The Hall–Kier alpha value is -2.24. The zero-order valence-corrected chi connectivity index (χ0v) is 13.8. The zero-order valence-electron chi connectivity index (χ0n) is 13.8. The van der Waals surface area contributed by atoms with Gasteiger partial charge in [0.2, 0.25) is 0 Å². The highest BCUT2D eigenvalue weighted by molar-refractivity contribution is 5.93. The van der Waals surface area contributed by atoms with E-state index in [4.69, 9.17) is 0 Å². The lowest BCUT2D eigenvalue weighted by Gasteiger charge is -2.36. The molecule has 0 saturated carbocycles. The number of amides is 1. The highest BCUT2D eigenvalue weighted by atomic mass is 19.1. The Bertz CT molecular complexity index is 702. The Morgan fingerprint density at radius 3 is 2.79 bits per heavy atom. The molecule has 1 unspecified atom stereocenters. The Balaban J connectivity index is 1.75. The van der Waals surface area contributed by atoms with E-state index in [0.717, 1.165) is 37.3 Å². The molecule has 4 nitrogen and oxygen atoms in total. The van der Waals surface area contributed by atoms with Crippen molar-refractivity contribution in [2.24, 2.45) is 0 Å². The Kier molecular flexibility index (Phi) is 5.23. The van der Waals surface area contributed by atoms with E-state index in [1.54, 1.807) is 19.2 Å². The number of nitrogens with zero attached hydrogens (tertiary/aromatic N) is 1. The average Bonchev–Trinajstić information content (AvgIpc) is 2.62. The molecule has 1 atom stereocenters. The summed E-state index contributed by atoms with van der Waals surface area (Å²) in [5, 5.41) is 6.01. The minimum atomic E-state index is -0.201. The van der Waals surface area contributed by atoms with Gasteiger partial charge in [-0.2, -0.15) is 0 Å². The second-order valence-electron chi connectivity index (χ2n) is 6.02. The first-order valence-electron chi connectivity index (χ1n) is 8.18. The molecular weight excluding hydrogens is 305 g/mol. The largest absolute Gasteiger partial charge is 0.355 e. The lowest BCUT2D eigenvalue weighted by atomic mass is 10.0. The van der Waals surface area contributed by atoms with Crippen LogP contribution in [0, 0.1) is 5.82 Å². The first-order valence-corrected chi connectivity index (χ1v) is 8.18. The van der Waals surface area contributed by atoms with E-state index in [-0.39, 0.29) is 17.8 Å². The number of halogens is 1. The molecule has 1 saturated heterocycles. The highest BCUT2D eigenvalue weighted by Gasteiger charge is 2.24. The molecule has 0 aliphatic carbocycles. The maximum absolute atomic E-state index is 13.6. The Labute approximate surface area is 141 Å². The number of benzene rings is 2. The summed E-state index contributed by atoms with van der Waals surface area (Å²) in [6, 6.07) is 14.6. The zero-order chi connectivity index (χ0) is 16.9. The van der Waals surface area contributed by atoms with Gasteiger partial charge in [0.15, 0.2) is 0 Å². The number of carbonyl (C=O) groups excluding carboxylic acids is 1. The van der Waals surface area contributed by atoms with Gasteiger partial charge in [0.1, 0.15) is 5.82 Å². The van der Waals surface area contributed by atoms with Crippen LogP contribution < -0.4 is 10.6 Å². The van der Waals surface area contributed by atoms with Crippen LogP contribution in [0.2, 0.25) is 0 Å². The normalized spacial score (nSPS) is 18.3. The summed E-state index contributed by atoms with van der Waals surface area (Å²) in [6.45, 7) is 3.40. The van der Waals surface area contributed by atoms with E-state index in [2.05, 4.69) is 15.5 Å². The first-order chi connectivity index (χ1) is 11.7. The van der Waals surface area contributed by atoms with Gasteiger partial charge in [-0.05, 0) is 35.4 Å². The van der Waals surface area contributed by atoms with E-state index in [9.17, 15) is 9.18 Å². The number of nitrogens with one attached hydrogen (secondary N) is 2. The van der Waals surface area contributed by atoms with Crippen molar-refractivity contribution < 1.29 is 9.18 Å². The second kappa shape index (κ2) is 7.55. The summed E-state index contributed by atoms with van der Waals surface area (Å²) in [4.78, 5) is 14.0. The number of hydrogen-bond acceptors (Lipinski definition) is 3. The van der Waals surface area contributed by atoms with E-state index < -0.39 is 0 Å². The van der Waals surface area contributed by atoms with Gasteiger partial charge >= 0.3 is 0 Å². The third kappa shape index (κ3) is 3.80. The third-order valence-corrected chi connectivity index (χ3v) is 4.42. The van der Waals surface area contributed by atoms with Gasteiger partial charge in [0.25, 0.3) is 5.91 Å². The summed E-state index contributed by atoms with van der Waals surface area (Å²) in [6.07, 6.45) is 0. The molecule has 2 aromatic rings. The van der Waals surface area contributed by atoms with Crippen LogP contribution >= 0.6 is 0 Å². The molecule has 2 N–H and O–H groups in total. The Morgan fingerprint density at radius 1 is 1.29 bits per heavy atom. The van der Waals surface area contributed by atoms with Crippen LogP contribution in [-0.4, -0.2) is 37.5 Å². The molecular formula is C19H22FN3O. The number of carbonyl (C=O) groups is 1. The summed E-state index contributed by atoms with van der Waals surface area (Å²) in [7, 11) is 1.63. The minimum Gasteiger partial charge on any atom is -0.355 e. The lowest BCUT2D eigenvalue weighted by Crippen LogP contribution is -2.45. The van der Waals surface area contributed by atoms with Crippen LogP contribution in [-0.2, 0) is 6.54 Å². The fourth-order valence-electron chi connectivity index (χ4n) is 3.12. The van der Waals surface area contributed by atoms with Gasteiger partial charge < -0.3 is 10.6 Å². The van der Waals surface area contributed by atoms with Crippen LogP contribution in [0.5, 0.6) is 0 Å². The molecule has 1 aliphatic rings. The van der Waals surface area contributed by atoms with Crippen LogP contribution in [0.15, 0.2) is 48.5 Å². The van der Waals surface area contributed by atoms with Crippen molar-refractivity contribution >= 4 is 5.91 Å². The van der Waals surface area contributed by atoms with Crippen molar-refractivity contribution in [2.45, 2.75) is 12.6 Å². The van der Waals surface area contributed by atoms with Gasteiger partial charge in [-0.3, -0.25) is 9.69 Å². The van der Waals surface area contributed by atoms with E-state index in [1.807, 2.05) is 30.3 Å². The van der Waals surface area contributed by atoms with Crippen LogP contribution in [0.3, 0.4) is 0 Å². The van der Waals surface area contributed by atoms with E-state index >= 15 is 0 Å². The molecule has 0 radical (unpaired) electrons. The van der Waals surface area contributed by atoms with Crippen LogP contribution in [0.1, 0.15) is 27.5 Å². The molecule has 1 fully saturated rings. The molecule has 5 heteroatoms. The smallest absolute Gasteiger partial charge is 0.251 e. The number of hydrogen-bond donors (Lipinski definition) is 2. The third-order valence-electron chi connectivity index (χ3n) is 4.42. The highest BCUT2D eigenvalue weighted by Crippen LogP contribution is 2.24. The predicted molar refractivity (Wildman–Crippen MR) is 92.3 cm³/mol. The molecule has 1 heterocycles. The maximum Gasteiger partial charge on any atom is 0.251 e. The maximum atomic E-state index is 13.6. The van der Waals surface area contributed by atoms with E-state index in [0.29, 0.717) is 5.56 Å². The van der Waals surface area contributed by atoms with Crippen molar-refractivity contribution in [1.29, 1.82) is 0 Å². The van der Waals surface area contributed by atoms with E-state index in [1.165, 1.54) is 6.07 Å². The van der Waals surface area contributed by atoms with Gasteiger partial charge in [-0.15, -0.1) is 0 Å². The van der Waals surface area contributed by atoms with Gasteiger partial charge in [0, 0.05) is 44.8 Å². The Morgan fingerprint density at radius 2 is 2.08 bits per heavy atom. The van der Waals surface area contributed by atoms with Crippen LogP contribution in [0.4, 0.5) is 4.39 Å². The minimum absolute atomic E-state index is 0.0821. The van der Waals surface area contributed by atoms with Crippen LogP contribution in [0.25, 0.3) is 0 Å². The molecule has 24 heavy (non-hydrogen) atoms. The van der Waals surface area contributed by atoms with Crippen molar-refractivity contribution in [1.82, 2.24) is 15.5 Å². The van der Waals surface area contributed by atoms with Gasteiger partial charge in [-0.1, -0.05) is 24.3 Å². The molecule has 126 valence electrons. The number of piperazine rings is 1. The fraction of sp³-hybridized carbons (Fsp3) is 0.316. The molecule has 0 spiro atoms. The molecule has 1 aliphatic heterocycles. The molecule has 2 aromatic carbocycles. The summed E-state index contributed by atoms with van der Waals surface area (Å²) in [5.41, 5.74) is 2.79.